The number of ether oxygens (including phenoxy) is 3. The van der Waals surface area contributed by atoms with Crippen LogP contribution in [0.5, 0.6) is 0 Å². The van der Waals surface area contributed by atoms with Crippen molar-refractivity contribution in [3.05, 3.63) is 97.2 Å². The van der Waals surface area contributed by atoms with E-state index in [2.05, 4.69) is 111 Å². The van der Waals surface area contributed by atoms with Crippen molar-refractivity contribution < 1.29 is 49.3 Å². The van der Waals surface area contributed by atoms with E-state index in [1.54, 1.807) is 6.08 Å². The Kier molecular flexibility index (Phi) is 52.3. The number of hydrogen-bond acceptors (Lipinski definition) is 10. The lowest BCUT2D eigenvalue weighted by Crippen LogP contribution is -2.61. The molecule has 0 aromatic carbocycles. The van der Waals surface area contributed by atoms with E-state index >= 15 is 0 Å². The molecule has 11 heteroatoms. The lowest BCUT2D eigenvalue weighted by molar-refractivity contribution is -0.305. The average Bonchev–Trinajstić information content (AvgIpc) is 3.46. The van der Waals surface area contributed by atoms with Gasteiger partial charge in [0.2, 0.25) is 5.91 Å². The summed E-state index contributed by atoms with van der Waals surface area (Å²) in [4.78, 5) is 26.6. The van der Waals surface area contributed by atoms with Gasteiger partial charge in [-0.15, -0.1) is 0 Å². The SMILES string of the molecule is CC/C=C\C/C=C\C/C=C\C/C=C\C/C=C\CCCCCCCCCCCC(=O)OC1C(OCC(NC(=O)C(O)CCCCCCC/C=C/C=C/CCCCC)C(O)/C=C/CCCCCCCCCCCC)OC(CO)C(O)C1O. The Labute approximate surface area is 488 Å². The molecule has 0 spiro atoms. The Hall–Kier alpha value is -3.42. The van der Waals surface area contributed by atoms with Gasteiger partial charge in [0.05, 0.1) is 25.4 Å². The third-order valence-electron chi connectivity index (χ3n) is 14.7. The number of carbonyl (C=O) groups is 2. The van der Waals surface area contributed by atoms with E-state index in [0.29, 0.717) is 12.8 Å². The van der Waals surface area contributed by atoms with Gasteiger partial charge in [-0.1, -0.05) is 259 Å². The summed E-state index contributed by atoms with van der Waals surface area (Å²) in [6.45, 7) is 5.63. The molecule has 8 atom stereocenters. The van der Waals surface area contributed by atoms with Gasteiger partial charge >= 0.3 is 5.97 Å². The quantitative estimate of drug-likeness (QED) is 0.0149. The number of esters is 1. The molecule has 1 fully saturated rings. The van der Waals surface area contributed by atoms with Crippen LogP contribution in [0, 0.1) is 0 Å². The Morgan fingerprint density at radius 1 is 0.512 bits per heavy atom. The van der Waals surface area contributed by atoms with Crippen molar-refractivity contribution in [3.8, 4) is 0 Å². The third-order valence-corrected chi connectivity index (χ3v) is 14.7. The van der Waals surface area contributed by atoms with Crippen molar-refractivity contribution in [3.63, 3.8) is 0 Å². The van der Waals surface area contributed by atoms with Crippen LogP contribution in [0.25, 0.3) is 0 Å². The molecule has 1 saturated heterocycles. The molecule has 0 aromatic rings. The van der Waals surface area contributed by atoms with Crippen LogP contribution in [0.2, 0.25) is 0 Å². The van der Waals surface area contributed by atoms with E-state index in [-0.39, 0.29) is 19.4 Å². The summed E-state index contributed by atoms with van der Waals surface area (Å²) in [6, 6.07) is -1.04. The molecule has 460 valence electrons. The number of allylic oxidation sites excluding steroid dienone is 15. The minimum absolute atomic E-state index is 0.110. The standard InChI is InChI=1S/C69H119NO10/c1-4-7-10-13-16-19-22-25-27-28-29-30-31-32-33-34-35-36-37-39-42-45-48-51-54-57-64(74)80-67-66(76)65(75)63(58-71)79-69(67)78-59-60(61(72)55-52-49-46-43-40-24-21-18-15-12-9-6-3)70-68(77)62(73)56-53-50-47-44-41-38-26-23-20-17-14-11-8-5-2/h7,10,16-17,19-20,23,25-27,29-30,32-33,52,55,60-63,65-67,69,71-73,75-76H,4-6,8-9,11-15,18,21-22,24,28,31,34-51,53-54,56-59H2,1-3H3,(H,70,77)/b10-7-,19-16-,20-17+,26-23+,27-25-,30-29-,33-32-,55-52+. The molecule has 1 aliphatic rings. The number of aliphatic hydroxyl groups is 5. The van der Waals surface area contributed by atoms with Crippen LogP contribution in [-0.4, -0.2) is 99.6 Å². The first-order chi connectivity index (χ1) is 39.2. The molecule has 1 heterocycles. The van der Waals surface area contributed by atoms with Crippen molar-refractivity contribution in [1.29, 1.82) is 0 Å². The van der Waals surface area contributed by atoms with E-state index < -0.39 is 67.4 Å². The van der Waals surface area contributed by atoms with Crippen LogP contribution in [0.15, 0.2) is 97.2 Å². The van der Waals surface area contributed by atoms with E-state index in [1.807, 2.05) is 6.08 Å². The lowest BCUT2D eigenvalue weighted by atomic mass is 9.99. The number of rotatable bonds is 54. The van der Waals surface area contributed by atoms with Crippen LogP contribution < -0.4 is 5.32 Å². The van der Waals surface area contributed by atoms with E-state index in [4.69, 9.17) is 14.2 Å². The monoisotopic (exact) mass is 1120 g/mol. The van der Waals surface area contributed by atoms with Gasteiger partial charge in [0, 0.05) is 6.42 Å². The van der Waals surface area contributed by atoms with E-state index in [9.17, 15) is 35.1 Å². The number of unbranched alkanes of at least 4 members (excludes halogenated alkanes) is 27. The predicted molar refractivity (Wildman–Crippen MR) is 333 cm³/mol. The molecule has 1 rings (SSSR count). The van der Waals surface area contributed by atoms with Gasteiger partial charge in [0.15, 0.2) is 12.4 Å². The average molecular weight is 1120 g/mol. The highest BCUT2D eigenvalue weighted by Crippen LogP contribution is 2.26. The highest BCUT2D eigenvalue weighted by Gasteiger charge is 2.47. The van der Waals surface area contributed by atoms with E-state index in [0.717, 1.165) is 122 Å². The second kappa shape index (κ2) is 56.1. The molecule has 1 aliphatic heterocycles. The molecule has 11 nitrogen and oxygen atoms in total. The number of nitrogens with one attached hydrogen (secondary N) is 1. The molecule has 0 radical (unpaired) electrons. The highest BCUT2D eigenvalue weighted by atomic mass is 16.7. The molecule has 0 aliphatic carbocycles. The van der Waals surface area contributed by atoms with Crippen molar-refractivity contribution in [1.82, 2.24) is 5.32 Å². The van der Waals surface area contributed by atoms with Crippen LogP contribution in [0.4, 0.5) is 0 Å². The zero-order chi connectivity index (χ0) is 58.2. The number of hydrogen-bond donors (Lipinski definition) is 6. The minimum atomic E-state index is -1.62. The summed E-state index contributed by atoms with van der Waals surface area (Å²) in [7, 11) is 0. The number of carbonyl (C=O) groups excluding carboxylic acids is 2. The summed E-state index contributed by atoms with van der Waals surface area (Å²) >= 11 is 0. The van der Waals surface area contributed by atoms with Gasteiger partial charge in [0.1, 0.15) is 24.4 Å². The van der Waals surface area contributed by atoms with Gasteiger partial charge in [-0.2, -0.15) is 0 Å². The summed E-state index contributed by atoms with van der Waals surface area (Å²) in [5.74, 6) is -1.22. The third kappa shape index (κ3) is 43.3. The first-order valence-corrected chi connectivity index (χ1v) is 32.5. The molecule has 80 heavy (non-hydrogen) atoms. The molecule has 0 saturated carbocycles. The fourth-order valence-corrected chi connectivity index (χ4v) is 9.61. The fraction of sp³-hybridized carbons (Fsp3) is 0.739. The first-order valence-electron chi connectivity index (χ1n) is 32.5. The van der Waals surface area contributed by atoms with E-state index in [1.165, 1.54) is 96.3 Å². The lowest BCUT2D eigenvalue weighted by Gasteiger charge is -2.41. The van der Waals surface area contributed by atoms with Crippen molar-refractivity contribution in [2.45, 2.75) is 314 Å². The molecule has 8 unspecified atom stereocenters. The molecular weight excluding hydrogens is 1000 g/mol. The zero-order valence-electron chi connectivity index (χ0n) is 50.9. The van der Waals surface area contributed by atoms with Gasteiger partial charge in [-0.05, 0) is 96.3 Å². The second-order valence-corrected chi connectivity index (χ2v) is 22.1. The van der Waals surface area contributed by atoms with Crippen molar-refractivity contribution in [2.75, 3.05) is 13.2 Å². The first kappa shape index (κ1) is 74.6. The second-order valence-electron chi connectivity index (χ2n) is 22.1. The van der Waals surface area contributed by atoms with Gasteiger partial charge < -0.3 is 45.1 Å². The molecular formula is C69H119NO10. The Morgan fingerprint density at radius 3 is 1.45 bits per heavy atom. The van der Waals surface area contributed by atoms with Crippen LogP contribution in [0.3, 0.4) is 0 Å². The summed E-state index contributed by atoms with van der Waals surface area (Å²) < 4.78 is 17.6. The minimum Gasteiger partial charge on any atom is -0.454 e. The number of amides is 1. The summed E-state index contributed by atoms with van der Waals surface area (Å²) in [5.41, 5.74) is 0. The van der Waals surface area contributed by atoms with Crippen LogP contribution in [0.1, 0.15) is 265 Å². The Balaban J connectivity index is 2.62. The maximum Gasteiger partial charge on any atom is 0.306 e. The molecule has 6 N–H and O–H groups in total. The maximum absolute atomic E-state index is 13.4. The predicted octanol–water partition coefficient (Wildman–Crippen LogP) is 15.9. The van der Waals surface area contributed by atoms with Crippen LogP contribution in [-0.2, 0) is 23.8 Å². The van der Waals surface area contributed by atoms with Gasteiger partial charge in [-0.3, -0.25) is 9.59 Å². The molecule has 0 bridgehead atoms. The highest BCUT2D eigenvalue weighted by molar-refractivity contribution is 5.80. The Morgan fingerprint density at radius 2 is 0.938 bits per heavy atom. The van der Waals surface area contributed by atoms with Crippen molar-refractivity contribution in [2.24, 2.45) is 0 Å². The molecule has 1 amide bonds. The number of aliphatic hydroxyl groups excluding tert-OH is 5. The van der Waals surface area contributed by atoms with Gasteiger partial charge in [-0.25, -0.2) is 0 Å². The summed E-state index contributed by atoms with van der Waals surface area (Å²) in [6.07, 6.45) is 64.4. The smallest absolute Gasteiger partial charge is 0.306 e. The normalized spacial score (nSPS) is 19.4. The maximum atomic E-state index is 13.4. The summed E-state index contributed by atoms with van der Waals surface area (Å²) in [5, 5.41) is 57.0. The fourth-order valence-electron chi connectivity index (χ4n) is 9.61. The Bertz CT molecular complexity index is 1670. The molecule has 0 aromatic heterocycles. The van der Waals surface area contributed by atoms with Crippen LogP contribution >= 0.6 is 0 Å². The zero-order valence-corrected chi connectivity index (χ0v) is 50.9. The van der Waals surface area contributed by atoms with Gasteiger partial charge in [0.25, 0.3) is 0 Å². The van der Waals surface area contributed by atoms with Crippen molar-refractivity contribution >= 4 is 11.9 Å². The largest absolute Gasteiger partial charge is 0.454 e. The topological polar surface area (TPSA) is 175 Å².